The summed E-state index contributed by atoms with van der Waals surface area (Å²) in [4.78, 5) is 24.0. The number of anilines is 2. The second-order valence-electron chi connectivity index (χ2n) is 8.93. The normalized spacial score (nSPS) is 12.6. The van der Waals surface area contributed by atoms with Gasteiger partial charge in [-0.15, -0.1) is 0 Å². The highest BCUT2D eigenvalue weighted by molar-refractivity contribution is 7.98. The van der Waals surface area contributed by atoms with E-state index in [4.69, 9.17) is 26.1 Å². The summed E-state index contributed by atoms with van der Waals surface area (Å²) in [5, 5.41) is 3.70. The molecule has 1 aliphatic rings. The van der Waals surface area contributed by atoms with Gasteiger partial charge in [-0.1, -0.05) is 35.5 Å². The highest BCUT2D eigenvalue weighted by Crippen LogP contribution is 2.35. The molecule has 0 bridgehead atoms. The lowest BCUT2D eigenvalue weighted by Crippen LogP contribution is -2.31. The second-order valence-corrected chi connectivity index (χ2v) is 10.3. The first-order valence-corrected chi connectivity index (χ1v) is 13.6. The molecule has 1 aromatic heterocycles. The van der Waals surface area contributed by atoms with Gasteiger partial charge in [-0.3, -0.25) is 4.79 Å². The maximum absolute atomic E-state index is 13.1. The maximum atomic E-state index is 13.1. The first-order chi connectivity index (χ1) is 18.9. The van der Waals surface area contributed by atoms with Crippen LogP contribution in [0.1, 0.15) is 27.0 Å². The SMILES string of the molecule is COc1cc2c(cc1OC)CN(c1cc(Cl)nc(SCc3cccc(C(=O)Nc4ccc(F)cc4)c3)n1)CC2. The topological polar surface area (TPSA) is 76.6 Å². The van der Waals surface area contributed by atoms with Crippen LogP contribution in [0.2, 0.25) is 5.15 Å². The largest absolute Gasteiger partial charge is 0.493 e. The molecule has 0 fully saturated rings. The fourth-order valence-corrected chi connectivity index (χ4v) is 5.40. The zero-order valence-electron chi connectivity index (χ0n) is 21.4. The number of aromatic nitrogens is 2. The Morgan fingerprint density at radius 2 is 1.77 bits per heavy atom. The number of hydrogen-bond acceptors (Lipinski definition) is 7. The summed E-state index contributed by atoms with van der Waals surface area (Å²) in [5.41, 5.74) is 4.34. The molecule has 39 heavy (non-hydrogen) atoms. The summed E-state index contributed by atoms with van der Waals surface area (Å²) in [6.45, 7) is 1.45. The van der Waals surface area contributed by atoms with E-state index in [1.54, 1.807) is 26.4 Å². The van der Waals surface area contributed by atoms with Crippen molar-refractivity contribution in [3.8, 4) is 11.5 Å². The van der Waals surface area contributed by atoms with Crippen LogP contribution in [0.15, 0.2) is 71.9 Å². The average Bonchev–Trinajstić information content (AvgIpc) is 2.96. The number of amides is 1. The van der Waals surface area contributed by atoms with Crippen molar-refractivity contribution in [2.75, 3.05) is 31.0 Å². The first-order valence-electron chi connectivity index (χ1n) is 12.2. The van der Waals surface area contributed by atoms with Crippen LogP contribution in [0.5, 0.6) is 11.5 Å². The molecule has 0 radical (unpaired) electrons. The van der Waals surface area contributed by atoms with Crippen LogP contribution >= 0.6 is 23.4 Å². The van der Waals surface area contributed by atoms with Crippen molar-refractivity contribution in [2.24, 2.45) is 0 Å². The summed E-state index contributed by atoms with van der Waals surface area (Å²) in [5.74, 6) is 2.11. The molecule has 0 saturated carbocycles. The Bertz CT molecular complexity index is 1500. The third-order valence-corrected chi connectivity index (χ3v) is 7.47. The van der Waals surface area contributed by atoms with E-state index in [2.05, 4.69) is 15.2 Å². The Kier molecular flexibility index (Phi) is 8.18. The molecule has 1 amide bonds. The molecule has 4 aromatic rings. The number of carbonyl (C=O) groups is 1. The minimum absolute atomic E-state index is 0.269. The van der Waals surface area contributed by atoms with E-state index in [-0.39, 0.29) is 11.7 Å². The van der Waals surface area contributed by atoms with Gasteiger partial charge < -0.3 is 19.7 Å². The molecule has 0 unspecified atom stereocenters. The molecule has 5 rings (SSSR count). The van der Waals surface area contributed by atoms with Gasteiger partial charge >= 0.3 is 0 Å². The number of rotatable bonds is 8. The molecule has 1 aliphatic heterocycles. The number of nitrogens with one attached hydrogen (secondary N) is 1. The van der Waals surface area contributed by atoms with Crippen molar-refractivity contribution in [1.29, 1.82) is 0 Å². The monoisotopic (exact) mass is 564 g/mol. The third kappa shape index (κ3) is 6.43. The van der Waals surface area contributed by atoms with E-state index in [1.807, 2.05) is 30.3 Å². The molecule has 2 heterocycles. The smallest absolute Gasteiger partial charge is 0.255 e. The molecular formula is C29H26ClFN4O3S. The van der Waals surface area contributed by atoms with Crippen LogP contribution in [0.4, 0.5) is 15.9 Å². The van der Waals surface area contributed by atoms with E-state index in [1.165, 1.54) is 41.6 Å². The Morgan fingerprint density at radius 1 is 1.03 bits per heavy atom. The number of nitrogens with zero attached hydrogens (tertiary/aromatic N) is 3. The molecule has 0 aliphatic carbocycles. The lowest BCUT2D eigenvalue weighted by Gasteiger charge is -2.30. The minimum Gasteiger partial charge on any atom is -0.493 e. The molecule has 7 nitrogen and oxygen atoms in total. The highest BCUT2D eigenvalue weighted by atomic mass is 35.5. The van der Waals surface area contributed by atoms with Crippen molar-refractivity contribution in [1.82, 2.24) is 9.97 Å². The zero-order chi connectivity index (χ0) is 27.4. The van der Waals surface area contributed by atoms with Gasteiger partial charge in [0.25, 0.3) is 5.91 Å². The maximum Gasteiger partial charge on any atom is 0.255 e. The molecule has 0 atom stereocenters. The predicted octanol–water partition coefficient (Wildman–Crippen LogP) is 6.39. The lowest BCUT2D eigenvalue weighted by atomic mass is 9.99. The van der Waals surface area contributed by atoms with Crippen molar-refractivity contribution in [3.05, 3.63) is 100.0 Å². The van der Waals surface area contributed by atoms with E-state index in [0.717, 1.165) is 35.7 Å². The number of thioether (sulfide) groups is 1. The van der Waals surface area contributed by atoms with Crippen LogP contribution in [-0.2, 0) is 18.7 Å². The Labute approximate surface area is 235 Å². The number of ether oxygens (including phenoxy) is 2. The van der Waals surface area contributed by atoms with Crippen LogP contribution in [-0.4, -0.2) is 36.6 Å². The predicted molar refractivity (Wildman–Crippen MR) is 152 cm³/mol. The van der Waals surface area contributed by atoms with Gasteiger partial charge in [0.1, 0.15) is 16.8 Å². The average molecular weight is 565 g/mol. The van der Waals surface area contributed by atoms with E-state index >= 15 is 0 Å². The van der Waals surface area contributed by atoms with Gasteiger partial charge in [0.05, 0.1) is 14.2 Å². The van der Waals surface area contributed by atoms with Crippen molar-refractivity contribution in [3.63, 3.8) is 0 Å². The van der Waals surface area contributed by atoms with Crippen molar-refractivity contribution < 1.29 is 18.7 Å². The van der Waals surface area contributed by atoms with Gasteiger partial charge in [-0.2, -0.15) is 0 Å². The van der Waals surface area contributed by atoms with Crippen LogP contribution < -0.4 is 19.7 Å². The summed E-state index contributed by atoms with van der Waals surface area (Å²) in [6, 6.07) is 18.8. The van der Waals surface area contributed by atoms with E-state index < -0.39 is 0 Å². The summed E-state index contributed by atoms with van der Waals surface area (Å²) >= 11 is 7.83. The molecule has 3 aromatic carbocycles. The molecule has 200 valence electrons. The fourth-order valence-electron chi connectivity index (χ4n) is 4.38. The number of halogens is 2. The Hall–Kier alpha value is -3.82. The highest BCUT2D eigenvalue weighted by Gasteiger charge is 2.21. The number of benzene rings is 3. The third-order valence-electron chi connectivity index (χ3n) is 6.36. The Morgan fingerprint density at radius 3 is 2.51 bits per heavy atom. The van der Waals surface area contributed by atoms with Gasteiger partial charge in [0.15, 0.2) is 16.7 Å². The van der Waals surface area contributed by atoms with Crippen LogP contribution in [0, 0.1) is 5.82 Å². The molecular weight excluding hydrogens is 539 g/mol. The van der Waals surface area contributed by atoms with Gasteiger partial charge in [-0.25, -0.2) is 14.4 Å². The van der Waals surface area contributed by atoms with E-state index in [0.29, 0.717) is 39.6 Å². The standard InChI is InChI=1S/C29H26ClFN4O3S/c1-37-24-13-19-10-11-35(16-21(19)14-25(24)38-2)27-15-26(30)33-29(34-27)39-17-18-4-3-5-20(12-18)28(36)32-23-8-6-22(31)7-9-23/h3-9,12-15H,10-11,16-17H2,1-2H3,(H,32,36). The summed E-state index contributed by atoms with van der Waals surface area (Å²) in [6.07, 6.45) is 0.840. The number of fused-ring (bicyclic) bond motifs is 1. The molecule has 0 saturated heterocycles. The van der Waals surface area contributed by atoms with Gasteiger partial charge in [0.2, 0.25) is 0 Å². The van der Waals surface area contributed by atoms with Crippen molar-refractivity contribution in [2.45, 2.75) is 23.9 Å². The first kappa shape index (κ1) is 26.8. The lowest BCUT2D eigenvalue weighted by molar-refractivity contribution is 0.102. The Balaban J connectivity index is 1.27. The van der Waals surface area contributed by atoms with Gasteiger partial charge in [0, 0.05) is 36.2 Å². The van der Waals surface area contributed by atoms with Crippen LogP contribution in [0.25, 0.3) is 0 Å². The second kappa shape index (κ2) is 11.9. The minimum atomic E-state index is -0.357. The fraction of sp³-hybridized carbons (Fsp3) is 0.207. The van der Waals surface area contributed by atoms with Crippen LogP contribution in [0.3, 0.4) is 0 Å². The molecule has 10 heteroatoms. The van der Waals surface area contributed by atoms with Crippen molar-refractivity contribution >= 4 is 40.8 Å². The number of carbonyl (C=O) groups excluding carboxylic acids is 1. The van der Waals surface area contributed by atoms with Gasteiger partial charge in [-0.05, 0) is 71.6 Å². The number of hydrogen-bond donors (Lipinski definition) is 1. The zero-order valence-corrected chi connectivity index (χ0v) is 23.0. The summed E-state index contributed by atoms with van der Waals surface area (Å²) in [7, 11) is 3.27. The number of methoxy groups -OCH3 is 2. The molecule has 0 spiro atoms. The molecule has 1 N–H and O–H groups in total. The summed E-state index contributed by atoms with van der Waals surface area (Å²) < 4.78 is 24.1. The quantitative estimate of drug-likeness (QED) is 0.151. The van der Waals surface area contributed by atoms with E-state index in [9.17, 15) is 9.18 Å².